The molecule has 126 valence electrons. The van der Waals surface area contributed by atoms with Crippen molar-refractivity contribution < 1.29 is 9.59 Å². The zero-order chi connectivity index (χ0) is 16.7. The van der Waals surface area contributed by atoms with E-state index in [0.717, 1.165) is 25.7 Å². The van der Waals surface area contributed by atoms with E-state index in [1.165, 1.54) is 6.42 Å². The summed E-state index contributed by atoms with van der Waals surface area (Å²) in [5.74, 6) is -0.0596. The number of hydrogen-bond donors (Lipinski definition) is 3. The first-order valence-electron chi connectivity index (χ1n) is 8.20. The van der Waals surface area contributed by atoms with Crippen molar-refractivity contribution in [3.63, 3.8) is 0 Å². The molecule has 0 radical (unpaired) electrons. The third kappa shape index (κ3) is 5.52. The Balaban J connectivity index is 2.05. The molecule has 2 rings (SSSR count). The van der Waals surface area contributed by atoms with Crippen molar-refractivity contribution in [1.82, 2.24) is 0 Å². The SMILES string of the molecule is NCCCC(=O)Nc1cc(Cl)ccc1NC(=O)C1CCCCC1. The lowest BCUT2D eigenvalue weighted by Crippen LogP contribution is -2.25. The number of halogens is 1. The van der Waals surface area contributed by atoms with Crippen molar-refractivity contribution >= 4 is 34.8 Å². The molecule has 1 aromatic rings. The van der Waals surface area contributed by atoms with Crippen molar-refractivity contribution in [2.24, 2.45) is 11.7 Å². The minimum absolute atomic E-state index is 0.0180. The summed E-state index contributed by atoms with van der Waals surface area (Å²) in [7, 11) is 0. The van der Waals surface area contributed by atoms with E-state index >= 15 is 0 Å². The molecule has 1 fully saturated rings. The molecule has 1 saturated carbocycles. The van der Waals surface area contributed by atoms with E-state index in [0.29, 0.717) is 35.8 Å². The van der Waals surface area contributed by atoms with Gasteiger partial charge in [0, 0.05) is 17.4 Å². The summed E-state index contributed by atoms with van der Waals surface area (Å²) in [6.45, 7) is 0.467. The summed E-state index contributed by atoms with van der Waals surface area (Å²) in [4.78, 5) is 24.3. The van der Waals surface area contributed by atoms with Crippen molar-refractivity contribution in [3.8, 4) is 0 Å². The van der Waals surface area contributed by atoms with Gasteiger partial charge in [-0.15, -0.1) is 0 Å². The van der Waals surface area contributed by atoms with Gasteiger partial charge in [-0.05, 0) is 44.0 Å². The largest absolute Gasteiger partial charge is 0.330 e. The number of carbonyl (C=O) groups excluding carboxylic acids is 2. The van der Waals surface area contributed by atoms with E-state index in [9.17, 15) is 9.59 Å². The lowest BCUT2D eigenvalue weighted by molar-refractivity contribution is -0.120. The number of amides is 2. The van der Waals surface area contributed by atoms with Gasteiger partial charge < -0.3 is 16.4 Å². The lowest BCUT2D eigenvalue weighted by Gasteiger charge is -2.21. The van der Waals surface area contributed by atoms with E-state index in [-0.39, 0.29) is 17.7 Å². The average molecular weight is 338 g/mol. The first-order chi connectivity index (χ1) is 11.1. The molecule has 6 heteroatoms. The van der Waals surface area contributed by atoms with Crippen LogP contribution in [0.2, 0.25) is 5.02 Å². The molecule has 0 saturated heterocycles. The van der Waals surface area contributed by atoms with Gasteiger partial charge in [0.15, 0.2) is 0 Å². The summed E-state index contributed by atoms with van der Waals surface area (Å²) >= 11 is 6.01. The van der Waals surface area contributed by atoms with Gasteiger partial charge in [-0.2, -0.15) is 0 Å². The van der Waals surface area contributed by atoms with Crippen LogP contribution in [0.3, 0.4) is 0 Å². The lowest BCUT2D eigenvalue weighted by atomic mass is 9.88. The Morgan fingerprint density at radius 3 is 2.57 bits per heavy atom. The fourth-order valence-electron chi connectivity index (χ4n) is 2.80. The third-order valence-electron chi connectivity index (χ3n) is 4.10. The molecule has 0 spiro atoms. The number of rotatable bonds is 6. The van der Waals surface area contributed by atoms with E-state index in [1.54, 1.807) is 18.2 Å². The summed E-state index contributed by atoms with van der Waals surface area (Å²) in [6, 6.07) is 5.08. The summed E-state index contributed by atoms with van der Waals surface area (Å²) < 4.78 is 0. The monoisotopic (exact) mass is 337 g/mol. The number of nitrogens with two attached hydrogens (primary N) is 1. The van der Waals surface area contributed by atoms with E-state index in [4.69, 9.17) is 17.3 Å². The maximum Gasteiger partial charge on any atom is 0.227 e. The normalized spacial score (nSPS) is 15.2. The van der Waals surface area contributed by atoms with Crippen LogP contribution in [0.15, 0.2) is 18.2 Å². The van der Waals surface area contributed by atoms with Crippen LogP contribution in [-0.4, -0.2) is 18.4 Å². The molecule has 4 N–H and O–H groups in total. The molecule has 0 aromatic heterocycles. The molecule has 1 aliphatic rings. The van der Waals surface area contributed by atoms with Crippen molar-refractivity contribution in [1.29, 1.82) is 0 Å². The molecule has 2 amide bonds. The van der Waals surface area contributed by atoms with Crippen LogP contribution in [0.1, 0.15) is 44.9 Å². The summed E-state index contributed by atoms with van der Waals surface area (Å²) in [5, 5.41) is 6.24. The summed E-state index contributed by atoms with van der Waals surface area (Å²) in [6.07, 6.45) is 6.22. The van der Waals surface area contributed by atoms with Crippen LogP contribution in [-0.2, 0) is 9.59 Å². The highest BCUT2D eigenvalue weighted by atomic mass is 35.5. The number of carbonyl (C=O) groups is 2. The smallest absolute Gasteiger partial charge is 0.227 e. The van der Waals surface area contributed by atoms with Gasteiger partial charge >= 0.3 is 0 Å². The number of benzene rings is 1. The first-order valence-corrected chi connectivity index (χ1v) is 8.58. The van der Waals surface area contributed by atoms with Crippen LogP contribution in [0.25, 0.3) is 0 Å². The van der Waals surface area contributed by atoms with Gasteiger partial charge in [0.25, 0.3) is 0 Å². The van der Waals surface area contributed by atoms with Crippen LogP contribution in [0.4, 0.5) is 11.4 Å². The Morgan fingerprint density at radius 1 is 1.13 bits per heavy atom. The quantitative estimate of drug-likeness (QED) is 0.742. The van der Waals surface area contributed by atoms with Gasteiger partial charge in [0.1, 0.15) is 0 Å². The number of hydrogen-bond acceptors (Lipinski definition) is 3. The highest BCUT2D eigenvalue weighted by molar-refractivity contribution is 6.31. The minimum Gasteiger partial charge on any atom is -0.330 e. The molecule has 23 heavy (non-hydrogen) atoms. The van der Waals surface area contributed by atoms with E-state index in [2.05, 4.69) is 10.6 Å². The molecule has 0 bridgehead atoms. The van der Waals surface area contributed by atoms with Gasteiger partial charge in [0.2, 0.25) is 11.8 Å². The molecule has 0 unspecified atom stereocenters. The number of anilines is 2. The zero-order valence-electron chi connectivity index (χ0n) is 13.2. The molecular formula is C17H24ClN3O2. The maximum atomic E-state index is 12.4. The van der Waals surface area contributed by atoms with Gasteiger partial charge in [-0.3, -0.25) is 9.59 Å². The second-order valence-corrected chi connectivity index (χ2v) is 6.39. The Labute approximate surface area is 142 Å². The average Bonchev–Trinajstić information content (AvgIpc) is 2.56. The third-order valence-corrected chi connectivity index (χ3v) is 4.33. The van der Waals surface area contributed by atoms with Gasteiger partial charge in [0.05, 0.1) is 11.4 Å². The predicted octanol–water partition coefficient (Wildman–Crippen LogP) is 3.54. The van der Waals surface area contributed by atoms with E-state index in [1.807, 2.05) is 0 Å². The molecule has 1 aromatic carbocycles. The molecule has 0 atom stereocenters. The van der Waals surface area contributed by atoms with Crippen molar-refractivity contribution in [2.75, 3.05) is 17.2 Å². The Hall–Kier alpha value is -1.59. The van der Waals surface area contributed by atoms with Crippen LogP contribution >= 0.6 is 11.6 Å². The van der Waals surface area contributed by atoms with E-state index < -0.39 is 0 Å². The standard InChI is InChI=1S/C17H24ClN3O2/c18-13-8-9-14(15(11-13)20-16(22)7-4-10-19)21-17(23)12-5-2-1-3-6-12/h8-9,11-12H,1-7,10,19H2,(H,20,22)(H,21,23). The first kappa shape index (κ1) is 17.8. The summed E-state index contributed by atoms with van der Waals surface area (Å²) in [5.41, 5.74) is 6.53. The Morgan fingerprint density at radius 2 is 1.87 bits per heavy atom. The topological polar surface area (TPSA) is 84.2 Å². The fraction of sp³-hybridized carbons (Fsp3) is 0.529. The second-order valence-electron chi connectivity index (χ2n) is 5.95. The minimum atomic E-state index is -0.133. The zero-order valence-corrected chi connectivity index (χ0v) is 14.0. The van der Waals surface area contributed by atoms with Crippen molar-refractivity contribution in [3.05, 3.63) is 23.2 Å². The highest BCUT2D eigenvalue weighted by Gasteiger charge is 2.22. The van der Waals surface area contributed by atoms with Crippen molar-refractivity contribution in [2.45, 2.75) is 44.9 Å². The predicted molar refractivity (Wildman–Crippen MR) is 93.6 cm³/mol. The highest BCUT2D eigenvalue weighted by Crippen LogP contribution is 2.29. The van der Waals surface area contributed by atoms with Crippen LogP contribution < -0.4 is 16.4 Å². The van der Waals surface area contributed by atoms with Gasteiger partial charge in [-0.1, -0.05) is 30.9 Å². The van der Waals surface area contributed by atoms with Crippen LogP contribution in [0.5, 0.6) is 0 Å². The van der Waals surface area contributed by atoms with Gasteiger partial charge in [-0.25, -0.2) is 0 Å². The Kier molecular flexibility index (Phi) is 6.86. The Bertz CT molecular complexity index is 557. The fourth-order valence-corrected chi connectivity index (χ4v) is 2.98. The maximum absolute atomic E-state index is 12.4. The molecule has 0 heterocycles. The second kappa shape index (κ2) is 8.89. The molecule has 0 aliphatic heterocycles. The molecule has 5 nitrogen and oxygen atoms in total. The van der Waals surface area contributed by atoms with Crippen LogP contribution in [0, 0.1) is 5.92 Å². The molecule has 1 aliphatic carbocycles. The number of nitrogens with one attached hydrogen (secondary N) is 2. The molecular weight excluding hydrogens is 314 g/mol.